The minimum absolute atomic E-state index is 0.915. The van der Waals surface area contributed by atoms with E-state index >= 15 is 0 Å². The van der Waals surface area contributed by atoms with Crippen molar-refractivity contribution in [3.63, 3.8) is 0 Å². The van der Waals surface area contributed by atoms with Gasteiger partial charge in [0.25, 0.3) is 0 Å². The van der Waals surface area contributed by atoms with E-state index in [1.54, 1.807) is 0 Å². The van der Waals surface area contributed by atoms with Gasteiger partial charge in [0, 0.05) is 33.7 Å². The molecule has 0 unspecified atom stereocenters. The fraction of sp³-hybridized carbons (Fsp3) is 0.0571. The smallest absolute Gasteiger partial charge is 0.215 e. The Kier molecular flexibility index (Phi) is 4.36. The Bertz CT molecular complexity index is 2160. The molecule has 0 atom stereocenters. The molecule has 3 nitrogen and oxygen atoms in total. The van der Waals surface area contributed by atoms with Gasteiger partial charge in [-0.15, -0.1) is 0 Å². The number of benzene rings is 5. The van der Waals surface area contributed by atoms with Crippen LogP contribution in [0, 0.1) is 6.92 Å². The zero-order valence-corrected chi connectivity index (χ0v) is 21.3. The third-order valence-corrected chi connectivity index (χ3v) is 8.00. The van der Waals surface area contributed by atoms with Gasteiger partial charge in [0.1, 0.15) is 18.2 Å². The van der Waals surface area contributed by atoms with Gasteiger partial charge in [0.2, 0.25) is 11.2 Å². The minimum Gasteiger partial charge on any atom is -0.456 e. The van der Waals surface area contributed by atoms with E-state index in [0.29, 0.717) is 0 Å². The van der Waals surface area contributed by atoms with Crippen molar-refractivity contribution < 1.29 is 8.98 Å². The maximum Gasteiger partial charge on any atom is 0.215 e. The summed E-state index contributed by atoms with van der Waals surface area (Å²) in [6, 6.07) is 41.2. The first kappa shape index (κ1) is 21.2. The standard InChI is InChI=1S/C35H25N2O/c1-22-19-28-25-13-6-10-18-34(25)38-35(28)20-27(22)32-21-33(26-14-5-7-15-29(26)36(32)2)37-30-16-8-3-11-23(30)24-12-4-9-17-31(24)37/h3-21H,1-2H3/q+1. The molecule has 3 heterocycles. The van der Waals surface area contributed by atoms with Gasteiger partial charge < -0.3 is 8.98 Å². The summed E-state index contributed by atoms with van der Waals surface area (Å²) < 4.78 is 11.0. The fourth-order valence-electron chi connectivity index (χ4n) is 6.20. The highest BCUT2D eigenvalue weighted by Crippen LogP contribution is 2.38. The van der Waals surface area contributed by atoms with Gasteiger partial charge in [-0.1, -0.05) is 66.7 Å². The van der Waals surface area contributed by atoms with Crippen molar-refractivity contribution in [1.82, 2.24) is 4.57 Å². The predicted octanol–water partition coefficient (Wildman–Crippen LogP) is 8.64. The molecule has 0 spiro atoms. The molecule has 8 aromatic rings. The van der Waals surface area contributed by atoms with Crippen LogP contribution in [0.15, 0.2) is 120 Å². The number of pyridine rings is 1. The van der Waals surface area contributed by atoms with Crippen molar-refractivity contribution in [3.05, 3.63) is 121 Å². The van der Waals surface area contributed by atoms with Crippen LogP contribution in [-0.2, 0) is 7.05 Å². The summed E-state index contributed by atoms with van der Waals surface area (Å²) in [4.78, 5) is 0. The van der Waals surface area contributed by atoms with Crippen molar-refractivity contribution in [2.24, 2.45) is 7.05 Å². The van der Waals surface area contributed by atoms with Crippen LogP contribution in [0.4, 0.5) is 0 Å². The first-order valence-corrected chi connectivity index (χ1v) is 13.0. The largest absolute Gasteiger partial charge is 0.456 e. The molecule has 0 saturated carbocycles. The molecule has 0 saturated heterocycles. The maximum atomic E-state index is 6.30. The number of furan rings is 1. The third kappa shape index (κ3) is 2.87. The van der Waals surface area contributed by atoms with Crippen molar-refractivity contribution in [2.45, 2.75) is 6.92 Å². The van der Waals surface area contributed by atoms with E-state index in [1.165, 1.54) is 49.5 Å². The van der Waals surface area contributed by atoms with Gasteiger partial charge in [-0.05, 0) is 48.9 Å². The Balaban J connectivity index is 1.49. The number of hydrogen-bond donors (Lipinski definition) is 0. The second-order valence-corrected chi connectivity index (χ2v) is 10.1. The quantitative estimate of drug-likeness (QED) is 0.223. The summed E-state index contributed by atoms with van der Waals surface area (Å²) in [7, 11) is 2.16. The van der Waals surface area contributed by atoms with E-state index in [0.717, 1.165) is 27.6 Å². The van der Waals surface area contributed by atoms with Crippen molar-refractivity contribution in [3.8, 4) is 16.9 Å². The Morgan fingerprint density at radius 2 is 1.18 bits per heavy atom. The number of nitrogens with zero attached hydrogens (tertiary/aromatic N) is 2. The molecule has 5 aromatic carbocycles. The highest BCUT2D eigenvalue weighted by atomic mass is 16.3. The van der Waals surface area contributed by atoms with Gasteiger partial charge in [-0.25, -0.2) is 0 Å². The molecule has 8 rings (SSSR count). The van der Waals surface area contributed by atoms with Crippen LogP contribution < -0.4 is 4.57 Å². The summed E-state index contributed by atoms with van der Waals surface area (Å²) in [5, 5.41) is 6.07. The molecule has 0 bridgehead atoms. The lowest BCUT2D eigenvalue weighted by molar-refractivity contribution is -0.633. The first-order valence-electron chi connectivity index (χ1n) is 13.0. The lowest BCUT2D eigenvalue weighted by atomic mass is 9.99. The molecule has 180 valence electrons. The molecular formula is C35H25N2O+. The lowest BCUT2D eigenvalue weighted by Crippen LogP contribution is -2.32. The molecule has 3 aromatic heterocycles. The Hall–Kier alpha value is -4.89. The highest BCUT2D eigenvalue weighted by Gasteiger charge is 2.23. The van der Waals surface area contributed by atoms with Crippen molar-refractivity contribution in [2.75, 3.05) is 0 Å². The van der Waals surface area contributed by atoms with Gasteiger partial charge in [-0.3, -0.25) is 0 Å². The molecule has 0 aliphatic heterocycles. The molecule has 0 aliphatic carbocycles. The average molecular weight is 490 g/mol. The molecule has 3 heteroatoms. The summed E-state index contributed by atoms with van der Waals surface area (Å²) in [5.41, 5.74) is 10.2. The number of aromatic nitrogens is 2. The minimum atomic E-state index is 0.915. The zero-order chi connectivity index (χ0) is 25.4. The predicted molar refractivity (Wildman–Crippen MR) is 157 cm³/mol. The van der Waals surface area contributed by atoms with Crippen LogP contribution in [0.3, 0.4) is 0 Å². The van der Waals surface area contributed by atoms with E-state index < -0.39 is 0 Å². The van der Waals surface area contributed by atoms with E-state index in [2.05, 4.69) is 126 Å². The molecular weight excluding hydrogens is 464 g/mol. The van der Waals surface area contributed by atoms with Crippen molar-refractivity contribution in [1.29, 1.82) is 0 Å². The Morgan fingerprint density at radius 1 is 0.579 bits per heavy atom. The Morgan fingerprint density at radius 3 is 1.92 bits per heavy atom. The summed E-state index contributed by atoms with van der Waals surface area (Å²) >= 11 is 0. The van der Waals surface area contributed by atoms with Crippen LogP contribution in [0.2, 0.25) is 0 Å². The maximum absolute atomic E-state index is 6.30. The van der Waals surface area contributed by atoms with E-state index in [1.807, 2.05) is 12.1 Å². The SMILES string of the molecule is Cc1cc2c(cc1-c1cc(-n3c4ccccc4c4ccccc43)c3ccccc3[n+]1C)oc1ccccc12. The second-order valence-electron chi connectivity index (χ2n) is 10.1. The van der Waals surface area contributed by atoms with Crippen LogP contribution in [0.1, 0.15) is 5.56 Å². The first-order chi connectivity index (χ1) is 18.7. The molecule has 0 amide bonds. The fourth-order valence-corrected chi connectivity index (χ4v) is 6.20. The molecule has 0 aliphatic rings. The topological polar surface area (TPSA) is 21.9 Å². The second kappa shape index (κ2) is 7.80. The number of hydrogen-bond acceptors (Lipinski definition) is 1. The molecule has 0 N–H and O–H groups in total. The molecule has 38 heavy (non-hydrogen) atoms. The normalized spacial score (nSPS) is 11.9. The highest BCUT2D eigenvalue weighted by molar-refractivity contribution is 6.10. The lowest BCUT2D eigenvalue weighted by Gasteiger charge is -2.14. The summed E-state index contributed by atoms with van der Waals surface area (Å²) in [5.74, 6) is 0. The Labute approximate surface area is 219 Å². The van der Waals surface area contributed by atoms with Crippen LogP contribution in [0.25, 0.3) is 71.6 Å². The zero-order valence-electron chi connectivity index (χ0n) is 21.3. The van der Waals surface area contributed by atoms with Crippen LogP contribution in [0.5, 0.6) is 0 Å². The number of aryl methyl sites for hydroxylation is 2. The summed E-state index contributed by atoms with van der Waals surface area (Å²) in [6.07, 6.45) is 0. The number of fused-ring (bicyclic) bond motifs is 7. The molecule has 0 radical (unpaired) electrons. The molecule has 0 fully saturated rings. The van der Waals surface area contributed by atoms with Crippen molar-refractivity contribution >= 4 is 54.6 Å². The summed E-state index contributed by atoms with van der Waals surface area (Å²) in [6.45, 7) is 2.20. The van der Waals surface area contributed by atoms with Gasteiger partial charge in [0.05, 0.1) is 27.7 Å². The van der Waals surface area contributed by atoms with Gasteiger partial charge in [0.15, 0.2) is 0 Å². The van der Waals surface area contributed by atoms with Gasteiger partial charge >= 0.3 is 0 Å². The monoisotopic (exact) mass is 489 g/mol. The number of para-hydroxylation sites is 4. The van der Waals surface area contributed by atoms with E-state index in [4.69, 9.17) is 4.42 Å². The third-order valence-electron chi connectivity index (χ3n) is 8.00. The van der Waals surface area contributed by atoms with Crippen LogP contribution in [-0.4, -0.2) is 4.57 Å². The number of rotatable bonds is 2. The van der Waals surface area contributed by atoms with E-state index in [-0.39, 0.29) is 0 Å². The van der Waals surface area contributed by atoms with Gasteiger partial charge in [-0.2, -0.15) is 4.57 Å². The average Bonchev–Trinajstić information content (AvgIpc) is 3.49. The van der Waals surface area contributed by atoms with Crippen LogP contribution >= 0.6 is 0 Å². The van der Waals surface area contributed by atoms with E-state index in [9.17, 15) is 0 Å².